The zero-order valence-corrected chi connectivity index (χ0v) is 10.9. The Balaban J connectivity index is 3.79. The normalized spacial score (nSPS) is 13.8. The van der Waals surface area contributed by atoms with Crippen molar-refractivity contribution in [2.75, 3.05) is 0 Å². The summed E-state index contributed by atoms with van der Waals surface area (Å²) in [6.45, 7) is 7.30. The molecule has 18 heavy (non-hydrogen) atoms. The van der Waals surface area contributed by atoms with E-state index in [-0.39, 0.29) is 0 Å². The fraction of sp³-hybridized carbons (Fsp3) is 0.111. The first-order valence-corrected chi connectivity index (χ1v) is 6.12. The lowest BCUT2D eigenvalue weighted by Crippen LogP contribution is -1.54. The van der Waals surface area contributed by atoms with E-state index in [9.17, 15) is 0 Å². The molecule has 0 unspecified atom stereocenters. The van der Waals surface area contributed by atoms with Gasteiger partial charge in [0.1, 0.15) is 0 Å². The van der Waals surface area contributed by atoms with Crippen molar-refractivity contribution in [2.45, 2.75) is 13.3 Å². The van der Waals surface area contributed by atoms with Gasteiger partial charge in [-0.15, -0.1) is 0 Å². The highest BCUT2D eigenvalue weighted by Crippen LogP contribution is 1.86. The first-order chi connectivity index (χ1) is 8.91. The Bertz CT molecular complexity index is 382. The number of hydrogen-bond donors (Lipinski definition) is 0. The topological polar surface area (TPSA) is 0 Å². The van der Waals surface area contributed by atoms with E-state index < -0.39 is 0 Å². The summed E-state index contributed by atoms with van der Waals surface area (Å²) in [5.41, 5.74) is 0. The van der Waals surface area contributed by atoms with Crippen LogP contribution < -0.4 is 0 Å². The highest BCUT2D eigenvalue weighted by Gasteiger charge is 1.64. The molecule has 0 fully saturated rings. The summed E-state index contributed by atoms with van der Waals surface area (Å²) in [4.78, 5) is 0. The first kappa shape index (κ1) is 15.9. The molecule has 0 spiro atoms. The lowest BCUT2D eigenvalue weighted by atomic mass is 10.3. The molecule has 0 aliphatic carbocycles. The van der Waals surface area contributed by atoms with Crippen LogP contribution >= 0.6 is 0 Å². The van der Waals surface area contributed by atoms with Gasteiger partial charge in [0.15, 0.2) is 0 Å². The van der Waals surface area contributed by atoms with Gasteiger partial charge in [0, 0.05) is 0 Å². The molecule has 0 nitrogen and oxygen atoms in total. The summed E-state index contributed by atoms with van der Waals surface area (Å²) >= 11 is 0. The molecular weight excluding hydrogens is 216 g/mol. The number of rotatable bonds is 8. The second-order valence-electron chi connectivity index (χ2n) is 3.34. The maximum atomic E-state index is 5.18. The molecule has 93 valence electrons. The Morgan fingerprint density at radius 1 is 0.556 bits per heavy atom. The molecule has 0 heteroatoms. The standard InChI is InChI=1S/C18H21/c1-3-5-7-9-11-13-15-17-18-16-14-12-10-8-6-4-2/h1,3,5-18H,4H2,2H3/b3-1?,7-5+,8-6+,11-9+,12-10+,15-13+,16-14+,18-17+. The van der Waals surface area contributed by atoms with Crippen molar-refractivity contribution in [3.8, 4) is 0 Å². The molecule has 0 aromatic heterocycles. The van der Waals surface area contributed by atoms with Crippen LogP contribution in [-0.2, 0) is 0 Å². The van der Waals surface area contributed by atoms with Gasteiger partial charge in [-0.3, -0.25) is 0 Å². The zero-order valence-electron chi connectivity index (χ0n) is 10.9. The molecule has 0 amide bonds. The summed E-state index contributed by atoms with van der Waals surface area (Å²) in [6, 6.07) is 0. The van der Waals surface area contributed by atoms with Crippen molar-refractivity contribution in [1.82, 2.24) is 0 Å². The van der Waals surface area contributed by atoms with Crippen molar-refractivity contribution >= 4 is 0 Å². The van der Waals surface area contributed by atoms with E-state index in [0.717, 1.165) is 6.42 Å². The fourth-order valence-corrected chi connectivity index (χ4v) is 0.984. The summed E-state index contributed by atoms with van der Waals surface area (Å²) in [5, 5.41) is 0. The van der Waals surface area contributed by atoms with Crippen LogP contribution in [0.25, 0.3) is 0 Å². The molecule has 1 radical (unpaired) electrons. The molecule has 0 saturated heterocycles. The van der Waals surface area contributed by atoms with Crippen molar-refractivity contribution in [2.24, 2.45) is 0 Å². The predicted molar refractivity (Wildman–Crippen MR) is 83.1 cm³/mol. The van der Waals surface area contributed by atoms with E-state index in [4.69, 9.17) is 6.58 Å². The van der Waals surface area contributed by atoms with Crippen LogP contribution in [-0.4, -0.2) is 0 Å². The third-order valence-electron chi connectivity index (χ3n) is 1.82. The van der Waals surface area contributed by atoms with Crippen molar-refractivity contribution < 1.29 is 0 Å². The SMILES string of the molecule is [CH]=C/C=C/C=C/C=C/C=C/C=C/C=C/C=C/CC. The second-order valence-corrected chi connectivity index (χ2v) is 3.34. The van der Waals surface area contributed by atoms with E-state index in [1.165, 1.54) is 6.08 Å². The minimum absolute atomic E-state index is 1.07. The Hall–Kier alpha value is -2.08. The molecule has 0 saturated carbocycles. The van der Waals surface area contributed by atoms with Crippen LogP contribution in [0.5, 0.6) is 0 Å². The predicted octanol–water partition coefficient (Wildman–Crippen LogP) is 5.28. The molecule has 0 aliphatic rings. The molecule has 0 atom stereocenters. The Morgan fingerprint density at radius 3 is 1.22 bits per heavy atom. The second kappa shape index (κ2) is 14.9. The molecule has 0 heterocycles. The summed E-state index contributed by atoms with van der Waals surface area (Å²) < 4.78 is 0. The summed E-state index contributed by atoms with van der Waals surface area (Å²) in [5.74, 6) is 0. The Morgan fingerprint density at radius 2 is 0.889 bits per heavy atom. The Labute approximate surface area is 111 Å². The van der Waals surface area contributed by atoms with Crippen molar-refractivity contribution in [3.05, 3.63) is 97.7 Å². The van der Waals surface area contributed by atoms with Gasteiger partial charge in [-0.05, 0) is 6.42 Å². The summed E-state index contributed by atoms with van der Waals surface area (Å²) in [7, 11) is 0. The maximum Gasteiger partial charge on any atom is -0.0376 e. The van der Waals surface area contributed by atoms with Gasteiger partial charge < -0.3 is 0 Å². The van der Waals surface area contributed by atoms with Gasteiger partial charge in [0.25, 0.3) is 0 Å². The van der Waals surface area contributed by atoms with E-state index in [1.807, 2.05) is 72.9 Å². The molecule has 0 aromatic rings. The minimum Gasteiger partial charge on any atom is -0.0848 e. The largest absolute Gasteiger partial charge is 0.0848 e. The van der Waals surface area contributed by atoms with Crippen LogP contribution in [0, 0.1) is 6.58 Å². The molecule has 0 bridgehead atoms. The van der Waals surface area contributed by atoms with Crippen LogP contribution in [0.2, 0.25) is 0 Å². The van der Waals surface area contributed by atoms with Crippen molar-refractivity contribution in [1.29, 1.82) is 0 Å². The minimum atomic E-state index is 1.07. The van der Waals surface area contributed by atoms with Gasteiger partial charge in [-0.1, -0.05) is 105 Å². The molecule has 0 aliphatic heterocycles. The monoisotopic (exact) mass is 237 g/mol. The lowest BCUT2D eigenvalue weighted by molar-refractivity contribution is 1.22. The quantitative estimate of drug-likeness (QED) is 0.504. The summed E-state index contributed by atoms with van der Waals surface area (Å²) in [6.07, 6.45) is 30.2. The van der Waals surface area contributed by atoms with Gasteiger partial charge in [0.05, 0.1) is 0 Å². The lowest BCUT2D eigenvalue weighted by Gasteiger charge is -1.75. The van der Waals surface area contributed by atoms with Crippen LogP contribution in [0.4, 0.5) is 0 Å². The number of allylic oxidation sites excluding steroid dienone is 15. The third kappa shape index (κ3) is 13.9. The van der Waals surface area contributed by atoms with Crippen LogP contribution in [0.3, 0.4) is 0 Å². The Kier molecular flexibility index (Phi) is 13.2. The average molecular weight is 237 g/mol. The van der Waals surface area contributed by atoms with Crippen LogP contribution in [0.15, 0.2) is 91.1 Å². The van der Waals surface area contributed by atoms with E-state index >= 15 is 0 Å². The highest BCUT2D eigenvalue weighted by molar-refractivity contribution is 5.20. The maximum absolute atomic E-state index is 5.18. The van der Waals surface area contributed by atoms with Gasteiger partial charge >= 0.3 is 0 Å². The average Bonchev–Trinajstić information content (AvgIpc) is 2.39. The van der Waals surface area contributed by atoms with E-state index in [0.29, 0.717) is 0 Å². The molecule has 0 N–H and O–H groups in total. The van der Waals surface area contributed by atoms with Gasteiger partial charge in [0.2, 0.25) is 0 Å². The highest BCUT2D eigenvalue weighted by atomic mass is 13.7. The number of hydrogen-bond acceptors (Lipinski definition) is 0. The fourth-order valence-electron chi connectivity index (χ4n) is 0.984. The van der Waals surface area contributed by atoms with Gasteiger partial charge in [-0.2, -0.15) is 0 Å². The van der Waals surface area contributed by atoms with Crippen molar-refractivity contribution in [3.63, 3.8) is 0 Å². The third-order valence-corrected chi connectivity index (χ3v) is 1.82. The molecular formula is C18H21. The smallest absolute Gasteiger partial charge is 0.0376 e. The van der Waals surface area contributed by atoms with Gasteiger partial charge in [-0.25, -0.2) is 0 Å². The molecule has 0 rings (SSSR count). The van der Waals surface area contributed by atoms with E-state index in [2.05, 4.69) is 13.0 Å². The van der Waals surface area contributed by atoms with Crippen LogP contribution in [0.1, 0.15) is 13.3 Å². The van der Waals surface area contributed by atoms with E-state index in [1.54, 1.807) is 6.08 Å². The zero-order chi connectivity index (χ0) is 13.3. The first-order valence-electron chi connectivity index (χ1n) is 6.12. The molecule has 0 aromatic carbocycles.